The third-order valence-electron chi connectivity index (χ3n) is 4.01. The molecule has 24 heavy (non-hydrogen) atoms. The fourth-order valence-electron chi connectivity index (χ4n) is 2.39. The molecule has 2 aromatic carbocycles. The summed E-state index contributed by atoms with van der Waals surface area (Å²) in [5, 5.41) is 10.9. The van der Waals surface area contributed by atoms with Gasteiger partial charge < -0.3 is 9.73 Å². The van der Waals surface area contributed by atoms with Crippen molar-refractivity contribution in [1.82, 2.24) is 15.5 Å². The van der Waals surface area contributed by atoms with E-state index in [4.69, 9.17) is 4.42 Å². The number of amides is 1. The molecule has 0 atom stereocenters. The Labute approximate surface area is 140 Å². The fraction of sp³-hybridized carbons (Fsp3) is 0.211. The van der Waals surface area contributed by atoms with E-state index in [1.807, 2.05) is 63.2 Å². The number of aryl methyl sites for hydroxylation is 3. The maximum Gasteiger partial charge on any atom is 0.251 e. The van der Waals surface area contributed by atoms with Gasteiger partial charge in [-0.2, -0.15) is 0 Å². The molecule has 3 rings (SSSR count). The lowest BCUT2D eigenvalue weighted by atomic mass is 10.1. The second-order valence-corrected chi connectivity index (χ2v) is 5.80. The second-order valence-electron chi connectivity index (χ2n) is 5.80. The molecule has 0 radical (unpaired) electrons. The van der Waals surface area contributed by atoms with Gasteiger partial charge in [-0.25, -0.2) is 0 Å². The highest BCUT2D eigenvalue weighted by molar-refractivity contribution is 5.94. The predicted molar refractivity (Wildman–Crippen MR) is 91.6 cm³/mol. The van der Waals surface area contributed by atoms with E-state index in [0.717, 1.165) is 22.3 Å². The van der Waals surface area contributed by atoms with Gasteiger partial charge in [-0.1, -0.05) is 24.3 Å². The Morgan fingerprint density at radius 1 is 1.00 bits per heavy atom. The highest BCUT2D eigenvalue weighted by atomic mass is 16.4. The third-order valence-corrected chi connectivity index (χ3v) is 4.01. The summed E-state index contributed by atoms with van der Waals surface area (Å²) in [5.74, 6) is 0.683. The molecule has 0 aliphatic rings. The molecular formula is C19H19N3O2. The van der Waals surface area contributed by atoms with Gasteiger partial charge in [-0.05, 0) is 55.7 Å². The Kier molecular flexibility index (Phi) is 4.42. The SMILES string of the molecule is Cc1ccc(C(=O)NCc2nnc(-c3ccccc3C)o2)cc1C. The van der Waals surface area contributed by atoms with Crippen molar-refractivity contribution >= 4 is 5.91 Å². The van der Waals surface area contributed by atoms with Crippen LogP contribution in [0.4, 0.5) is 0 Å². The lowest BCUT2D eigenvalue weighted by Crippen LogP contribution is -2.23. The molecule has 0 aliphatic carbocycles. The van der Waals surface area contributed by atoms with Crippen LogP contribution in [0.15, 0.2) is 46.9 Å². The van der Waals surface area contributed by atoms with Crippen molar-refractivity contribution in [1.29, 1.82) is 0 Å². The number of carbonyl (C=O) groups excluding carboxylic acids is 1. The maximum absolute atomic E-state index is 12.2. The van der Waals surface area contributed by atoms with Gasteiger partial charge in [0, 0.05) is 11.1 Å². The minimum absolute atomic E-state index is 0.159. The molecule has 1 N–H and O–H groups in total. The molecule has 122 valence electrons. The van der Waals surface area contributed by atoms with Crippen molar-refractivity contribution in [3.8, 4) is 11.5 Å². The van der Waals surface area contributed by atoms with Gasteiger partial charge in [-0.15, -0.1) is 10.2 Å². The molecule has 0 saturated carbocycles. The lowest BCUT2D eigenvalue weighted by Gasteiger charge is -2.05. The van der Waals surface area contributed by atoms with Crippen LogP contribution < -0.4 is 5.32 Å². The fourth-order valence-corrected chi connectivity index (χ4v) is 2.39. The molecule has 0 saturated heterocycles. The van der Waals surface area contributed by atoms with Crippen LogP contribution in [0, 0.1) is 20.8 Å². The molecule has 1 aromatic heterocycles. The monoisotopic (exact) mass is 321 g/mol. The summed E-state index contributed by atoms with van der Waals surface area (Å²) in [7, 11) is 0. The minimum atomic E-state index is -0.159. The van der Waals surface area contributed by atoms with Crippen molar-refractivity contribution in [2.45, 2.75) is 27.3 Å². The van der Waals surface area contributed by atoms with Gasteiger partial charge in [0.25, 0.3) is 5.91 Å². The topological polar surface area (TPSA) is 68.0 Å². The van der Waals surface area contributed by atoms with Crippen LogP contribution >= 0.6 is 0 Å². The molecule has 0 aliphatic heterocycles. The zero-order valence-electron chi connectivity index (χ0n) is 14.0. The number of nitrogens with one attached hydrogen (secondary N) is 1. The molecule has 0 fully saturated rings. The van der Waals surface area contributed by atoms with E-state index in [1.165, 1.54) is 0 Å². The molecule has 1 amide bonds. The first-order valence-electron chi connectivity index (χ1n) is 7.78. The van der Waals surface area contributed by atoms with E-state index in [9.17, 15) is 4.79 Å². The number of nitrogens with zero attached hydrogens (tertiary/aromatic N) is 2. The van der Waals surface area contributed by atoms with Crippen LogP contribution in [0.3, 0.4) is 0 Å². The predicted octanol–water partition coefficient (Wildman–Crippen LogP) is 3.59. The Balaban J connectivity index is 1.68. The minimum Gasteiger partial charge on any atom is -0.419 e. The molecule has 3 aromatic rings. The van der Waals surface area contributed by atoms with E-state index in [1.54, 1.807) is 0 Å². The second kappa shape index (κ2) is 6.66. The molecular weight excluding hydrogens is 302 g/mol. The number of hydrogen-bond acceptors (Lipinski definition) is 4. The Hall–Kier alpha value is -2.95. The Bertz CT molecular complexity index is 884. The van der Waals surface area contributed by atoms with Gasteiger partial charge in [0.1, 0.15) is 0 Å². The summed E-state index contributed by atoms with van der Waals surface area (Å²) >= 11 is 0. The highest BCUT2D eigenvalue weighted by Crippen LogP contribution is 2.21. The zero-order valence-corrected chi connectivity index (χ0v) is 14.0. The first kappa shape index (κ1) is 15.9. The third kappa shape index (κ3) is 3.35. The summed E-state index contributed by atoms with van der Waals surface area (Å²) < 4.78 is 5.64. The maximum atomic E-state index is 12.2. The number of benzene rings is 2. The van der Waals surface area contributed by atoms with Gasteiger partial charge in [-0.3, -0.25) is 4.79 Å². The standard InChI is InChI=1S/C19H19N3O2/c1-12-8-9-15(10-14(12)3)18(23)20-11-17-21-22-19(24-17)16-7-5-4-6-13(16)2/h4-10H,11H2,1-3H3,(H,20,23). The molecule has 0 bridgehead atoms. The Morgan fingerprint density at radius 3 is 2.54 bits per heavy atom. The van der Waals surface area contributed by atoms with Crippen LogP contribution in [0.1, 0.15) is 32.9 Å². The first-order valence-corrected chi connectivity index (χ1v) is 7.78. The van der Waals surface area contributed by atoms with Gasteiger partial charge >= 0.3 is 0 Å². The summed E-state index contributed by atoms with van der Waals surface area (Å²) in [5.41, 5.74) is 4.83. The van der Waals surface area contributed by atoms with E-state index in [0.29, 0.717) is 17.3 Å². The summed E-state index contributed by atoms with van der Waals surface area (Å²) in [6.45, 7) is 6.19. The number of hydrogen-bond donors (Lipinski definition) is 1. The van der Waals surface area contributed by atoms with Crippen LogP contribution in [-0.2, 0) is 6.54 Å². The number of aromatic nitrogens is 2. The van der Waals surface area contributed by atoms with Gasteiger partial charge in [0.2, 0.25) is 11.8 Å². The molecule has 0 unspecified atom stereocenters. The normalized spacial score (nSPS) is 10.6. The van der Waals surface area contributed by atoms with Crippen molar-refractivity contribution in [3.63, 3.8) is 0 Å². The van der Waals surface area contributed by atoms with Crippen LogP contribution in [0.25, 0.3) is 11.5 Å². The molecule has 5 nitrogen and oxygen atoms in total. The summed E-state index contributed by atoms with van der Waals surface area (Å²) in [4.78, 5) is 12.2. The average molecular weight is 321 g/mol. The molecule has 5 heteroatoms. The quantitative estimate of drug-likeness (QED) is 0.797. The average Bonchev–Trinajstić information content (AvgIpc) is 3.04. The van der Waals surface area contributed by atoms with E-state index in [2.05, 4.69) is 15.5 Å². The van der Waals surface area contributed by atoms with Crippen LogP contribution in [0.2, 0.25) is 0 Å². The Morgan fingerprint density at radius 2 is 1.79 bits per heavy atom. The molecule has 0 spiro atoms. The highest BCUT2D eigenvalue weighted by Gasteiger charge is 2.12. The van der Waals surface area contributed by atoms with E-state index >= 15 is 0 Å². The number of carbonyl (C=O) groups is 1. The van der Waals surface area contributed by atoms with Gasteiger partial charge in [0.05, 0.1) is 6.54 Å². The smallest absolute Gasteiger partial charge is 0.251 e. The van der Waals surface area contributed by atoms with Gasteiger partial charge in [0.15, 0.2) is 0 Å². The van der Waals surface area contributed by atoms with Crippen LogP contribution in [-0.4, -0.2) is 16.1 Å². The van der Waals surface area contributed by atoms with E-state index < -0.39 is 0 Å². The van der Waals surface area contributed by atoms with Crippen molar-refractivity contribution < 1.29 is 9.21 Å². The largest absolute Gasteiger partial charge is 0.419 e. The number of rotatable bonds is 4. The zero-order chi connectivity index (χ0) is 17.1. The van der Waals surface area contributed by atoms with Crippen molar-refractivity contribution in [3.05, 3.63) is 70.6 Å². The lowest BCUT2D eigenvalue weighted by molar-refractivity contribution is 0.0947. The summed E-state index contributed by atoms with van der Waals surface area (Å²) in [6.07, 6.45) is 0. The van der Waals surface area contributed by atoms with Crippen molar-refractivity contribution in [2.75, 3.05) is 0 Å². The van der Waals surface area contributed by atoms with Crippen LogP contribution in [0.5, 0.6) is 0 Å². The summed E-state index contributed by atoms with van der Waals surface area (Å²) in [6, 6.07) is 13.4. The van der Waals surface area contributed by atoms with E-state index in [-0.39, 0.29) is 12.5 Å². The van der Waals surface area contributed by atoms with Crippen molar-refractivity contribution in [2.24, 2.45) is 0 Å². The molecule has 1 heterocycles. The first-order chi connectivity index (χ1) is 11.5.